The molecule has 32 heavy (non-hydrogen) atoms. The van der Waals surface area contributed by atoms with E-state index < -0.39 is 0 Å². The number of rotatable bonds is 4. The zero-order valence-corrected chi connectivity index (χ0v) is 20.1. The van der Waals surface area contributed by atoms with Crippen LogP contribution in [0.4, 0.5) is 0 Å². The van der Waals surface area contributed by atoms with Crippen LogP contribution >= 0.6 is 23.1 Å². The van der Waals surface area contributed by atoms with Gasteiger partial charge in [0.05, 0.1) is 30.0 Å². The third kappa shape index (κ3) is 4.00. The van der Waals surface area contributed by atoms with E-state index in [9.17, 15) is 9.59 Å². The maximum Gasteiger partial charge on any atom is 0.267 e. The summed E-state index contributed by atoms with van der Waals surface area (Å²) in [7, 11) is 0. The lowest BCUT2D eigenvalue weighted by molar-refractivity contribution is -0.132. The van der Waals surface area contributed by atoms with Crippen LogP contribution in [0.3, 0.4) is 0 Å². The molecule has 3 heterocycles. The summed E-state index contributed by atoms with van der Waals surface area (Å²) in [6, 6.07) is 7.87. The first kappa shape index (κ1) is 21.7. The second-order valence-corrected chi connectivity index (χ2v) is 10.7. The van der Waals surface area contributed by atoms with Gasteiger partial charge in [0.2, 0.25) is 5.91 Å². The number of morpholine rings is 1. The van der Waals surface area contributed by atoms with E-state index in [2.05, 4.69) is 6.92 Å². The van der Waals surface area contributed by atoms with Gasteiger partial charge >= 0.3 is 0 Å². The van der Waals surface area contributed by atoms with E-state index in [1.807, 2.05) is 36.1 Å². The molecule has 0 spiro atoms. The number of aryl methyl sites for hydroxylation is 2. The summed E-state index contributed by atoms with van der Waals surface area (Å²) in [4.78, 5) is 35.5. The van der Waals surface area contributed by atoms with Crippen molar-refractivity contribution in [2.24, 2.45) is 5.92 Å². The van der Waals surface area contributed by atoms with Gasteiger partial charge in [-0.25, -0.2) is 4.98 Å². The Morgan fingerprint density at radius 1 is 1.28 bits per heavy atom. The molecule has 1 aliphatic heterocycles. The molecule has 0 saturated carbocycles. The molecule has 8 heteroatoms. The summed E-state index contributed by atoms with van der Waals surface area (Å²) in [6.45, 7) is 6.66. The molecule has 0 unspecified atom stereocenters. The van der Waals surface area contributed by atoms with Crippen LogP contribution in [0.5, 0.6) is 0 Å². The Hall–Kier alpha value is -2.16. The summed E-state index contributed by atoms with van der Waals surface area (Å²) in [5.41, 5.74) is 3.01. The quantitative estimate of drug-likeness (QED) is 0.429. The van der Waals surface area contributed by atoms with Gasteiger partial charge in [-0.3, -0.25) is 14.2 Å². The molecule has 5 rings (SSSR count). The number of nitrogens with zero attached hydrogens (tertiary/aromatic N) is 3. The Balaban J connectivity index is 1.59. The molecule has 1 saturated heterocycles. The Kier molecular flexibility index (Phi) is 6.09. The van der Waals surface area contributed by atoms with Gasteiger partial charge < -0.3 is 9.64 Å². The van der Waals surface area contributed by atoms with Gasteiger partial charge in [-0.05, 0) is 49.3 Å². The molecule has 168 valence electrons. The number of thiophene rings is 1. The Morgan fingerprint density at radius 3 is 2.84 bits per heavy atom. The fraction of sp³-hybridized carbons (Fsp3) is 0.458. The number of carbonyl (C=O) groups is 1. The van der Waals surface area contributed by atoms with Gasteiger partial charge in [0, 0.05) is 18.0 Å². The number of hydrogen-bond donors (Lipinski definition) is 0. The average molecular weight is 470 g/mol. The van der Waals surface area contributed by atoms with E-state index in [0.29, 0.717) is 37.4 Å². The zero-order chi connectivity index (χ0) is 22.2. The van der Waals surface area contributed by atoms with Crippen molar-refractivity contribution in [2.45, 2.75) is 38.3 Å². The summed E-state index contributed by atoms with van der Waals surface area (Å²) in [6.07, 6.45) is 3.05. The summed E-state index contributed by atoms with van der Waals surface area (Å²) in [5, 5.41) is 1.36. The van der Waals surface area contributed by atoms with Gasteiger partial charge in [-0.15, -0.1) is 11.3 Å². The molecule has 6 nitrogen and oxygen atoms in total. The van der Waals surface area contributed by atoms with Crippen molar-refractivity contribution in [2.75, 3.05) is 32.1 Å². The van der Waals surface area contributed by atoms with E-state index in [1.54, 1.807) is 15.9 Å². The van der Waals surface area contributed by atoms with Gasteiger partial charge in [-0.2, -0.15) is 0 Å². The Labute approximate surface area is 195 Å². The first-order chi connectivity index (χ1) is 15.5. The lowest BCUT2D eigenvalue weighted by atomic mass is 9.89. The first-order valence-corrected chi connectivity index (χ1v) is 12.9. The van der Waals surface area contributed by atoms with Gasteiger partial charge in [0.25, 0.3) is 5.56 Å². The lowest BCUT2D eigenvalue weighted by Gasteiger charge is -2.26. The maximum atomic E-state index is 13.9. The maximum absolute atomic E-state index is 13.9. The predicted molar refractivity (Wildman–Crippen MR) is 129 cm³/mol. The second-order valence-electron chi connectivity index (χ2n) is 8.64. The molecule has 2 aromatic heterocycles. The van der Waals surface area contributed by atoms with Crippen molar-refractivity contribution >= 4 is 39.2 Å². The zero-order valence-electron chi connectivity index (χ0n) is 18.4. The number of aromatic nitrogens is 2. The topological polar surface area (TPSA) is 64.4 Å². The van der Waals surface area contributed by atoms with Crippen molar-refractivity contribution < 1.29 is 9.53 Å². The van der Waals surface area contributed by atoms with Gasteiger partial charge in [0.15, 0.2) is 5.16 Å². The molecule has 1 aliphatic carbocycles. The van der Waals surface area contributed by atoms with E-state index in [1.165, 1.54) is 22.2 Å². The minimum atomic E-state index is -0.0160. The van der Waals surface area contributed by atoms with E-state index in [0.717, 1.165) is 40.7 Å². The van der Waals surface area contributed by atoms with Crippen LogP contribution in [0.2, 0.25) is 0 Å². The molecular formula is C24H27N3O3S2. The number of thioether (sulfide) groups is 1. The number of hydrogen-bond acceptors (Lipinski definition) is 6. The van der Waals surface area contributed by atoms with Crippen LogP contribution in [0.1, 0.15) is 29.3 Å². The molecule has 1 atom stereocenters. The van der Waals surface area contributed by atoms with Gasteiger partial charge in [-0.1, -0.05) is 36.9 Å². The fourth-order valence-electron chi connectivity index (χ4n) is 4.53. The smallest absolute Gasteiger partial charge is 0.267 e. The second kappa shape index (κ2) is 9.00. The van der Waals surface area contributed by atoms with Crippen LogP contribution in [-0.4, -0.2) is 52.4 Å². The standard InChI is InChI=1S/C24H27N3O3S2/c1-15-7-8-17-19(13-15)32-22-21(17)23(29)27(18-6-4-3-5-16(18)2)24(25-22)31-14-20(28)26-9-11-30-12-10-26/h3-6,15H,7-14H2,1-2H3/t15-/m0/s1. The van der Waals surface area contributed by atoms with Crippen molar-refractivity contribution in [3.05, 3.63) is 50.6 Å². The van der Waals surface area contributed by atoms with Crippen LogP contribution < -0.4 is 5.56 Å². The number of para-hydroxylation sites is 1. The lowest BCUT2D eigenvalue weighted by Crippen LogP contribution is -2.41. The van der Waals surface area contributed by atoms with Crippen molar-refractivity contribution in [3.8, 4) is 5.69 Å². The van der Waals surface area contributed by atoms with Crippen molar-refractivity contribution in [1.29, 1.82) is 0 Å². The van der Waals surface area contributed by atoms with Crippen LogP contribution in [-0.2, 0) is 22.4 Å². The summed E-state index contributed by atoms with van der Waals surface area (Å²) < 4.78 is 7.08. The van der Waals surface area contributed by atoms with Crippen LogP contribution in [0, 0.1) is 12.8 Å². The molecule has 1 amide bonds. The average Bonchev–Trinajstić information content (AvgIpc) is 3.16. The third-order valence-corrected chi connectivity index (χ3v) is 8.41. The monoisotopic (exact) mass is 469 g/mol. The highest BCUT2D eigenvalue weighted by molar-refractivity contribution is 7.99. The molecule has 2 aliphatic rings. The first-order valence-electron chi connectivity index (χ1n) is 11.1. The molecule has 0 N–H and O–H groups in total. The highest BCUT2D eigenvalue weighted by Gasteiger charge is 2.26. The number of fused-ring (bicyclic) bond motifs is 3. The van der Waals surface area contributed by atoms with Crippen molar-refractivity contribution in [3.63, 3.8) is 0 Å². The number of carbonyl (C=O) groups excluding carboxylic acids is 1. The Morgan fingerprint density at radius 2 is 2.06 bits per heavy atom. The summed E-state index contributed by atoms with van der Waals surface area (Å²) >= 11 is 3.01. The molecule has 0 bridgehead atoms. The molecular weight excluding hydrogens is 442 g/mol. The molecule has 1 aromatic carbocycles. The number of ether oxygens (including phenoxy) is 1. The fourth-order valence-corrected chi connectivity index (χ4v) is 6.86. The van der Waals surface area contributed by atoms with Gasteiger partial charge in [0.1, 0.15) is 4.83 Å². The van der Waals surface area contributed by atoms with Crippen LogP contribution in [0.25, 0.3) is 15.9 Å². The highest BCUT2D eigenvalue weighted by Crippen LogP contribution is 2.37. The van der Waals surface area contributed by atoms with Crippen molar-refractivity contribution in [1.82, 2.24) is 14.5 Å². The number of amides is 1. The normalized spacial score (nSPS) is 18.7. The van der Waals surface area contributed by atoms with E-state index in [-0.39, 0.29) is 17.2 Å². The van der Waals surface area contributed by atoms with Crippen LogP contribution in [0.15, 0.2) is 34.2 Å². The van der Waals surface area contributed by atoms with E-state index in [4.69, 9.17) is 9.72 Å². The number of benzene rings is 1. The minimum Gasteiger partial charge on any atom is -0.378 e. The molecule has 0 radical (unpaired) electrons. The third-order valence-electron chi connectivity index (χ3n) is 6.34. The highest BCUT2D eigenvalue weighted by atomic mass is 32.2. The molecule has 3 aromatic rings. The Bertz CT molecular complexity index is 1230. The largest absolute Gasteiger partial charge is 0.378 e. The molecule has 1 fully saturated rings. The SMILES string of the molecule is Cc1ccccc1-n1c(SCC(=O)N2CCOCC2)nc2sc3c(c2c1=O)CC[C@H](C)C3. The summed E-state index contributed by atoms with van der Waals surface area (Å²) in [5.74, 6) is 0.948. The minimum absolute atomic E-state index is 0.0160. The predicted octanol–water partition coefficient (Wildman–Crippen LogP) is 3.83. The van der Waals surface area contributed by atoms with E-state index >= 15 is 0 Å².